The summed E-state index contributed by atoms with van der Waals surface area (Å²) >= 11 is 0. The maximum atomic E-state index is 12.8. The molecule has 1 aliphatic rings. The predicted octanol–water partition coefficient (Wildman–Crippen LogP) is 6.70. The van der Waals surface area contributed by atoms with E-state index >= 15 is 0 Å². The van der Waals surface area contributed by atoms with Crippen molar-refractivity contribution >= 4 is 28.4 Å². The lowest BCUT2D eigenvalue weighted by Gasteiger charge is -2.19. The summed E-state index contributed by atoms with van der Waals surface area (Å²) in [6.07, 6.45) is 0.909. The first-order chi connectivity index (χ1) is 18.6. The van der Waals surface area contributed by atoms with Crippen LogP contribution in [0.5, 0.6) is 11.5 Å². The van der Waals surface area contributed by atoms with Crippen molar-refractivity contribution in [3.05, 3.63) is 114 Å². The topological polar surface area (TPSA) is 75.4 Å². The lowest BCUT2D eigenvalue weighted by atomic mass is 10.0. The fraction of sp³-hybridized carbons (Fsp3) is 0.0938. The first-order valence-corrected chi connectivity index (χ1v) is 12.3. The standard InChI is InChI=1S/C32H23N3O3/c1-37-29-15-10-25-18-26-16-17-35(31(26)34-30(25)19-29)27-11-6-24(7-12-27)32(36)38-28-13-8-23(9-14-28)22-4-2-21(20-33)3-5-22/h2-15,18-19H,16-17H2,1H3. The molecule has 0 unspecified atom stereocenters. The number of benzene rings is 4. The van der Waals surface area contributed by atoms with Crippen LogP contribution in [0.1, 0.15) is 21.5 Å². The van der Waals surface area contributed by atoms with Crippen molar-refractivity contribution in [1.29, 1.82) is 5.26 Å². The van der Waals surface area contributed by atoms with Gasteiger partial charge in [0.15, 0.2) is 0 Å². The van der Waals surface area contributed by atoms with E-state index in [1.165, 1.54) is 5.56 Å². The Kier molecular flexibility index (Phi) is 5.95. The molecule has 0 radical (unpaired) electrons. The van der Waals surface area contributed by atoms with Gasteiger partial charge in [0.25, 0.3) is 0 Å². The molecule has 0 fully saturated rings. The fourth-order valence-electron chi connectivity index (χ4n) is 4.71. The summed E-state index contributed by atoms with van der Waals surface area (Å²) in [6, 6.07) is 32.3. The zero-order chi connectivity index (χ0) is 26.1. The molecule has 0 bridgehead atoms. The molecule has 6 rings (SSSR count). The van der Waals surface area contributed by atoms with Crippen LogP contribution in [-0.2, 0) is 6.42 Å². The third-order valence-electron chi connectivity index (χ3n) is 6.77. The van der Waals surface area contributed by atoms with Crippen LogP contribution in [0.15, 0.2) is 97.1 Å². The number of aromatic nitrogens is 1. The number of nitrogens with zero attached hydrogens (tertiary/aromatic N) is 3. The highest BCUT2D eigenvalue weighted by atomic mass is 16.5. The van der Waals surface area contributed by atoms with E-state index in [1.54, 1.807) is 43.5 Å². The van der Waals surface area contributed by atoms with E-state index < -0.39 is 5.97 Å². The molecular formula is C32H23N3O3. The van der Waals surface area contributed by atoms with Gasteiger partial charge >= 0.3 is 5.97 Å². The van der Waals surface area contributed by atoms with Crippen LogP contribution in [0.25, 0.3) is 22.0 Å². The molecule has 6 nitrogen and oxygen atoms in total. The second-order valence-electron chi connectivity index (χ2n) is 9.08. The van der Waals surface area contributed by atoms with Gasteiger partial charge in [-0.15, -0.1) is 0 Å². The molecule has 184 valence electrons. The third-order valence-corrected chi connectivity index (χ3v) is 6.77. The number of anilines is 2. The van der Waals surface area contributed by atoms with Gasteiger partial charge < -0.3 is 14.4 Å². The molecular weight excluding hydrogens is 474 g/mol. The molecule has 0 aliphatic carbocycles. The Balaban J connectivity index is 1.16. The number of ether oxygens (including phenoxy) is 2. The van der Waals surface area contributed by atoms with Crippen LogP contribution in [0.4, 0.5) is 11.5 Å². The molecule has 2 heterocycles. The van der Waals surface area contributed by atoms with Gasteiger partial charge in [-0.2, -0.15) is 5.26 Å². The van der Waals surface area contributed by atoms with Crippen LogP contribution >= 0.6 is 0 Å². The Hall–Kier alpha value is -5.15. The van der Waals surface area contributed by atoms with Crippen molar-refractivity contribution in [2.75, 3.05) is 18.6 Å². The molecule has 0 spiro atoms. The average molecular weight is 498 g/mol. The molecule has 5 aromatic rings. The Bertz CT molecular complexity index is 1690. The summed E-state index contributed by atoms with van der Waals surface area (Å²) in [7, 11) is 1.65. The van der Waals surface area contributed by atoms with Crippen molar-refractivity contribution in [2.45, 2.75) is 6.42 Å². The molecule has 0 atom stereocenters. The zero-order valence-electron chi connectivity index (χ0n) is 20.7. The van der Waals surface area contributed by atoms with E-state index in [1.807, 2.05) is 54.6 Å². The van der Waals surface area contributed by atoms with Crippen molar-refractivity contribution < 1.29 is 14.3 Å². The molecule has 4 aromatic carbocycles. The number of esters is 1. The minimum absolute atomic E-state index is 0.416. The number of nitriles is 1. The molecule has 0 amide bonds. The minimum Gasteiger partial charge on any atom is -0.497 e. The first kappa shape index (κ1) is 23.3. The van der Waals surface area contributed by atoms with Gasteiger partial charge in [-0.05, 0) is 89.8 Å². The second-order valence-corrected chi connectivity index (χ2v) is 9.08. The van der Waals surface area contributed by atoms with Gasteiger partial charge in [-0.25, -0.2) is 9.78 Å². The van der Waals surface area contributed by atoms with Crippen LogP contribution in [0, 0.1) is 11.3 Å². The van der Waals surface area contributed by atoms with E-state index in [-0.39, 0.29) is 0 Å². The first-order valence-electron chi connectivity index (χ1n) is 12.3. The quantitative estimate of drug-likeness (QED) is 0.199. The smallest absolute Gasteiger partial charge is 0.343 e. The predicted molar refractivity (Wildman–Crippen MR) is 147 cm³/mol. The number of methoxy groups -OCH3 is 1. The van der Waals surface area contributed by atoms with E-state index in [0.717, 1.165) is 52.3 Å². The fourth-order valence-corrected chi connectivity index (χ4v) is 4.71. The monoisotopic (exact) mass is 497 g/mol. The largest absolute Gasteiger partial charge is 0.497 e. The average Bonchev–Trinajstić information content (AvgIpc) is 3.38. The summed E-state index contributed by atoms with van der Waals surface area (Å²) in [5.41, 5.74) is 6.12. The van der Waals surface area contributed by atoms with Crippen molar-refractivity contribution in [2.24, 2.45) is 0 Å². The van der Waals surface area contributed by atoms with Crippen molar-refractivity contribution in [3.8, 4) is 28.7 Å². The summed E-state index contributed by atoms with van der Waals surface area (Å²) in [4.78, 5) is 19.9. The number of carbonyl (C=O) groups is 1. The molecule has 38 heavy (non-hydrogen) atoms. The number of pyridine rings is 1. The lowest BCUT2D eigenvalue weighted by Crippen LogP contribution is -2.15. The number of carbonyl (C=O) groups excluding carboxylic acids is 1. The van der Waals surface area contributed by atoms with Crippen LogP contribution in [0.3, 0.4) is 0 Å². The van der Waals surface area contributed by atoms with E-state index in [0.29, 0.717) is 16.9 Å². The van der Waals surface area contributed by atoms with E-state index in [4.69, 9.17) is 19.7 Å². The summed E-state index contributed by atoms with van der Waals surface area (Å²) in [6.45, 7) is 0.825. The number of hydrogen-bond acceptors (Lipinski definition) is 6. The molecule has 6 heteroatoms. The Morgan fingerprint density at radius 1 is 0.868 bits per heavy atom. The highest BCUT2D eigenvalue weighted by molar-refractivity contribution is 5.92. The van der Waals surface area contributed by atoms with Gasteiger partial charge in [0.05, 0.1) is 29.8 Å². The number of hydrogen-bond donors (Lipinski definition) is 0. The summed E-state index contributed by atoms with van der Waals surface area (Å²) < 4.78 is 11.0. The van der Waals surface area contributed by atoms with E-state index in [2.05, 4.69) is 17.0 Å². The van der Waals surface area contributed by atoms with Crippen LogP contribution in [-0.4, -0.2) is 24.6 Å². The molecule has 1 aliphatic heterocycles. The highest BCUT2D eigenvalue weighted by Gasteiger charge is 2.23. The molecule has 0 N–H and O–H groups in total. The number of fused-ring (bicyclic) bond motifs is 2. The Morgan fingerprint density at radius 2 is 1.55 bits per heavy atom. The van der Waals surface area contributed by atoms with Gasteiger partial charge in [-0.1, -0.05) is 24.3 Å². The van der Waals surface area contributed by atoms with E-state index in [9.17, 15) is 4.79 Å². The molecule has 0 saturated carbocycles. The Morgan fingerprint density at radius 3 is 2.24 bits per heavy atom. The maximum Gasteiger partial charge on any atom is 0.343 e. The number of rotatable bonds is 5. The highest BCUT2D eigenvalue weighted by Crippen LogP contribution is 2.36. The summed E-state index contributed by atoms with van der Waals surface area (Å²) in [5, 5.41) is 10.1. The Labute approximate surface area is 220 Å². The SMILES string of the molecule is COc1ccc2cc3c(nc2c1)N(c1ccc(C(=O)Oc2ccc(-c4ccc(C#N)cc4)cc2)cc1)CC3. The lowest BCUT2D eigenvalue weighted by molar-refractivity contribution is 0.0735. The minimum atomic E-state index is -0.416. The van der Waals surface area contributed by atoms with Gasteiger partial charge in [0.2, 0.25) is 0 Å². The second kappa shape index (κ2) is 9.72. The molecule has 1 aromatic heterocycles. The maximum absolute atomic E-state index is 12.8. The normalized spacial score (nSPS) is 12.2. The van der Waals surface area contributed by atoms with Crippen LogP contribution in [0.2, 0.25) is 0 Å². The molecule has 0 saturated heterocycles. The van der Waals surface area contributed by atoms with Gasteiger partial charge in [0.1, 0.15) is 17.3 Å². The van der Waals surface area contributed by atoms with Crippen molar-refractivity contribution in [3.63, 3.8) is 0 Å². The van der Waals surface area contributed by atoms with Gasteiger partial charge in [-0.3, -0.25) is 0 Å². The third kappa shape index (κ3) is 4.42. The van der Waals surface area contributed by atoms with Crippen LogP contribution < -0.4 is 14.4 Å². The van der Waals surface area contributed by atoms with Gasteiger partial charge in [0, 0.05) is 23.7 Å². The van der Waals surface area contributed by atoms with Crippen molar-refractivity contribution in [1.82, 2.24) is 4.98 Å². The summed E-state index contributed by atoms with van der Waals surface area (Å²) in [5.74, 6) is 1.77. The zero-order valence-corrected chi connectivity index (χ0v) is 20.7.